The first-order chi connectivity index (χ1) is 14.7. The SMILES string of the molecule is CC1=CCC[C@@]2(C)O[C@H]2[C@H]2OC(=O)[C@@H](CN3CCCC3)[C@@H]2CC1.O=C(O)/C=C/C(=O)O. The van der Waals surface area contributed by atoms with E-state index < -0.39 is 11.9 Å². The molecule has 0 aromatic rings. The average Bonchev–Trinajstić information content (AvgIpc) is 3.03. The van der Waals surface area contributed by atoms with Crippen LogP contribution in [0.4, 0.5) is 0 Å². The third-order valence-electron chi connectivity index (χ3n) is 6.76. The molecule has 0 bridgehead atoms. The molecule has 3 fully saturated rings. The van der Waals surface area contributed by atoms with Crippen LogP contribution in [-0.2, 0) is 23.9 Å². The number of allylic oxidation sites excluding steroid dienone is 2. The molecule has 31 heavy (non-hydrogen) atoms. The van der Waals surface area contributed by atoms with E-state index in [1.807, 2.05) is 0 Å². The summed E-state index contributed by atoms with van der Waals surface area (Å²) < 4.78 is 11.9. The molecule has 0 aromatic carbocycles. The number of hydrogen-bond acceptors (Lipinski definition) is 6. The maximum atomic E-state index is 12.6. The molecule has 0 unspecified atom stereocenters. The second-order valence-corrected chi connectivity index (χ2v) is 9.17. The molecule has 3 saturated heterocycles. The third-order valence-corrected chi connectivity index (χ3v) is 6.76. The largest absolute Gasteiger partial charge is 0.478 e. The predicted octanol–water partition coefficient (Wildman–Crippen LogP) is 2.63. The Morgan fingerprint density at radius 2 is 1.87 bits per heavy atom. The summed E-state index contributed by atoms with van der Waals surface area (Å²) in [6.07, 6.45) is 10.3. The van der Waals surface area contributed by atoms with Gasteiger partial charge < -0.3 is 24.6 Å². The predicted molar refractivity (Wildman–Crippen MR) is 112 cm³/mol. The quantitative estimate of drug-likeness (QED) is 0.300. The van der Waals surface area contributed by atoms with Crippen molar-refractivity contribution >= 4 is 17.9 Å². The molecule has 5 atom stereocenters. The fraction of sp³-hybridized carbons (Fsp3) is 0.696. The molecule has 0 amide bonds. The van der Waals surface area contributed by atoms with Crippen LogP contribution >= 0.6 is 0 Å². The normalized spacial score (nSPS) is 35.3. The van der Waals surface area contributed by atoms with Gasteiger partial charge >= 0.3 is 17.9 Å². The van der Waals surface area contributed by atoms with E-state index in [2.05, 4.69) is 24.8 Å². The summed E-state index contributed by atoms with van der Waals surface area (Å²) in [6.45, 7) is 7.56. The Kier molecular flexibility index (Phi) is 7.54. The summed E-state index contributed by atoms with van der Waals surface area (Å²) in [5.74, 6) is -2.14. The van der Waals surface area contributed by atoms with E-state index in [0.29, 0.717) is 18.1 Å². The van der Waals surface area contributed by atoms with Gasteiger partial charge in [0.15, 0.2) is 0 Å². The lowest BCUT2D eigenvalue weighted by atomic mass is 9.80. The fourth-order valence-electron chi connectivity index (χ4n) is 4.93. The van der Waals surface area contributed by atoms with Gasteiger partial charge in [-0.15, -0.1) is 0 Å². The van der Waals surface area contributed by atoms with E-state index in [4.69, 9.17) is 19.7 Å². The molecule has 2 N–H and O–H groups in total. The highest BCUT2D eigenvalue weighted by atomic mass is 16.6. The van der Waals surface area contributed by atoms with E-state index in [9.17, 15) is 14.4 Å². The van der Waals surface area contributed by atoms with Crippen molar-refractivity contribution in [3.63, 3.8) is 0 Å². The van der Waals surface area contributed by atoms with Crippen molar-refractivity contribution in [2.75, 3.05) is 19.6 Å². The monoisotopic (exact) mass is 435 g/mol. The minimum Gasteiger partial charge on any atom is -0.478 e. The summed E-state index contributed by atoms with van der Waals surface area (Å²) >= 11 is 0. The number of esters is 1. The van der Waals surface area contributed by atoms with Crippen molar-refractivity contribution < 1.29 is 34.1 Å². The van der Waals surface area contributed by atoms with Gasteiger partial charge in [-0.3, -0.25) is 4.79 Å². The Morgan fingerprint density at radius 3 is 2.48 bits per heavy atom. The van der Waals surface area contributed by atoms with Crippen LogP contribution in [0.3, 0.4) is 0 Å². The van der Waals surface area contributed by atoms with Crippen molar-refractivity contribution in [1.82, 2.24) is 4.90 Å². The van der Waals surface area contributed by atoms with Gasteiger partial charge in [0.05, 0.1) is 11.5 Å². The maximum absolute atomic E-state index is 12.6. The zero-order valence-corrected chi connectivity index (χ0v) is 18.3. The van der Waals surface area contributed by atoms with E-state index in [0.717, 1.165) is 45.3 Å². The molecule has 3 heterocycles. The van der Waals surface area contributed by atoms with Crippen LogP contribution in [0, 0.1) is 11.8 Å². The van der Waals surface area contributed by atoms with Crippen LogP contribution in [0.2, 0.25) is 0 Å². The smallest absolute Gasteiger partial charge is 0.328 e. The van der Waals surface area contributed by atoms with Gasteiger partial charge in [-0.05, 0) is 65.5 Å². The minimum atomic E-state index is -1.26. The van der Waals surface area contributed by atoms with E-state index in [1.165, 1.54) is 18.4 Å². The van der Waals surface area contributed by atoms with Crippen LogP contribution in [0.15, 0.2) is 23.8 Å². The zero-order chi connectivity index (χ0) is 22.6. The number of carboxylic acid groups (broad SMARTS) is 2. The Labute approximate surface area is 182 Å². The summed E-state index contributed by atoms with van der Waals surface area (Å²) in [7, 11) is 0. The van der Waals surface area contributed by atoms with Crippen molar-refractivity contribution in [3.8, 4) is 0 Å². The number of epoxide rings is 1. The molecule has 8 heteroatoms. The lowest BCUT2D eigenvalue weighted by Crippen LogP contribution is -2.35. The lowest BCUT2D eigenvalue weighted by Gasteiger charge is -2.25. The van der Waals surface area contributed by atoms with Gasteiger partial charge in [-0.25, -0.2) is 9.59 Å². The number of rotatable bonds is 4. The molecule has 4 rings (SSSR count). The van der Waals surface area contributed by atoms with Crippen LogP contribution in [0.25, 0.3) is 0 Å². The van der Waals surface area contributed by atoms with Gasteiger partial charge in [-0.1, -0.05) is 11.6 Å². The van der Waals surface area contributed by atoms with E-state index in [-0.39, 0.29) is 29.7 Å². The Hall–Kier alpha value is -2.19. The van der Waals surface area contributed by atoms with Crippen molar-refractivity contribution in [2.45, 2.75) is 70.2 Å². The van der Waals surface area contributed by atoms with Crippen molar-refractivity contribution in [3.05, 3.63) is 23.8 Å². The topological polar surface area (TPSA) is 117 Å². The first-order valence-corrected chi connectivity index (χ1v) is 11.1. The van der Waals surface area contributed by atoms with Gasteiger partial charge in [-0.2, -0.15) is 0 Å². The molecule has 0 aromatic heterocycles. The van der Waals surface area contributed by atoms with Gasteiger partial charge in [0.25, 0.3) is 0 Å². The molecule has 3 aliphatic heterocycles. The van der Waals surface area contributed by atoms with E-state index >= 15 is 0 Å². The number of likely N-dealkylation sites (tertiary alicyclic amines) is 1. The number of nitrogens with zero attached hydrogens (tertiary/aromatic N) is 1. The Bertz CT molecular complexity index is 739. The van der Waals surface area contributed by atoms with Crippen molar-refractivity contribution in [2.24, 2.45) is 11.8 Å². The zero-order valence-electron chi connectivity index (χ0n) is 18.3. The van der Waals surface area contributed by atoms with E-state index in [1.54, 1.807) is 0 Å². The van der Waals surface area contributed by atoms with Crippen LogP contribution in [0.5, 0.6) is 0 Å². The fourth-order valence-corrected chi connectivity index (χ4v) is 4.93. The summed E-state index contributed by atoms with van der Waals surface area (Å²) in [6, 6.07) is 0. The van der Waals surface area contributed by atoms with Gasteiger partial charge in [0.1, 0.15) is 12.2 Å². The minimum absolute atomic E-state index is 0.0191. The van der Waals surface area contributed by atoms with Gasteiger partial charge in [0, 0.05) is 24.6 Å². The second-order valence-electron chi connectivity index (χ2n) is 9.17. The molecule has 0 radical (unpaired) electrons. The van der Waals surface area contributed by atoms with Crippen LogP contribution in [-0.4, -0.2) is 70.5 Å². The number of aliphatic carboxylic acids is 2. The standard InChI is InChI=1S/C19H29NO3.C4H4O4/c1-13-6-5-9-19(2)17(23-19)16-14(8-7-13)15(18(21)22-16)12-20-10-3-4-11-20;5-3(6)1-2-4(7)8/h6,14-17H,3-5,7-12H2,1-2H3;1-2H,(H,5,6)(H,7,8)/b;2-1+/t14-,15-,16-,17-,19+;/m0./s1. The Balaban J connectivity index is 0.000000293. The molecule has 0 spiro atoms. The highest BCUT2D eigenvalue weighted by Crippen LogP contribution is 2.50. The van der Waals surface area contributed by atoms with Crippen LogP contribution in [0.1, 0.15) is 52.4 Å². The highest BCUT2D eigenvalue weighted by Gasteiger charge is 2.62. The number of hydrogen-bond donors (Lipinski definition) is 2. The number of fused-ring (bicyclic) bond motifs is 3. The number of carboxylic acids is 2. The summed E-state index contributed by atoms with van der Waals surface area (Å²) in [5, 5.41) is 15.6. The average molecular weight is 436 g/mol. The molecule has 4 aliphatic rings. The molecular weight excluding hydrogens is 402 g/mol. The van der Waals surface area contributed by atoms with Gasteiger partial charge in [0.2, 0.25) is 0 Å². The van der Waals surface area contributed by atoms with Crippen LogP contribution < -0.4 is 0 Å². The third kappa shape index (κ3) is 6.17. The number of ether oxygens (including phenoxy) is 2. The first kappa shape index (κ1) is 23.5. The molecule has 172 valence electrons. The number of carbonyl (C=O) groups excluding carboxylic acids is 1. The molecular formula is C23H33NO7. The first-order valence-electron chi connectivity index (χ1n) is 11.1. The molecule has 0 saturated carbocycles. The number of carbonyl (C=O) groups is 3. The molecule has 1 aliphatic carbocycles. The summed E-state index contributed by atoms with van der Waals surface area (Å²) in [5.41, 5.74) is 1.37. The second kappa shape index (κ2) is 9.96. The summed E-state index contributed by atoms with van der Waals surface area (Å²) in [4.78, 5) is 34.1. The Morgan fingerprint density at radius 1 is 1.23 bits per heavy atom. The van der Waals surface area contributed by atoms with Crippen molar-refractivity contribution in [1.29, 1.82) is 0 Å². The molecule has 8 nitrogen and oxygen atoms in total. The lowest BCUT2D eigenvalue weighted by molar-refractivity contribution is -0.145. The highest BCUT2D eigenvalue weighted by molar-refractivity contribution is 5.89. The maximum Gasteiger partial charge on any atom is 0.328 e.